The number of carbonyl (C=O) groups excluding carboxylic acids is 3. The van der Waals surface area contributed by atoms with E-state index in [0.29, 0.717) is 19.6 Å². The maximum Gasteiger partial charge on any atom is 0.236 e. The minimum Gasteiger partial charge on any atom is -0.340 e. The van der Waals surface area contributed by atoms with Crippen molar-refractivity contribution >= 4 is 17.7 Å². The molecule has 2 fully saturated rings. The van der Waals surface area contributed by atoms with Gasteiger partial charge in [-0.15, -0.1) is 0 Å². The Morgan fingerprint density at radius 2 is 1.81 bits per heavy atom. The summed E-state index contributed by atoms with van der Waals surface area (Å²) in [7, 11) is 0. The van der Waals surface area contributed by atoms with Crippen LogP contribution in [0.1, 0.15) is 6.92 Å². The molecule has 0 unspecified atom stereocenters. The standard InChI is InChI=1S/C10H15N3O3/c1-2-13-9(15)6-4-12(8(14)3-11)5-7(6)10(13)16/h6-7H,2-5,11H2,1H3/t6-,7-/m1/s1. The Labute approximate surface area is 93.4 Å². The average molecular weight is 225 g/mol. The highest BCUT2D eigenvalue weighted by atomic mass is 16.2. The lowest BCUT2D eigenvalue weighted by atomic mass is 10.00. The van der Waals surface area contributed by atoms with Gasteiger partial charge in [0.25, 0.3) is 0 Å². The SMILES string of the molecule is CCN1C(=O)[C@@H]2CN(C(=O)CN)C[C@H]2C1=O. The highest BCUT2D eigenvalue weighted by Gasteiger charge is 2.52. The summed E-state index contributed by atoms with van der Waals surface area (Å²) in [5.41, 5.74) is 5.25. The number of hydrogen-bond acceptors (Lipinski definition) is 4. The lowest BCUT2D eigenvalue weighted by molar-refractivity contribution is -0.140. The van der Waals surface area contributed by atoms with Gasteiger partial charge in [0, 0.05) is 19.6 Å². The Hall–Kier alpha value is -1.43. The molecule has 0 aromatic carbocycles. The summed E-state index contributed by atoms with van der Waals surface area (Å²) in [5, 5.41) is 0. The Kier molecular flexibility index (Phi) is 2.67. The van der Waals surface area contributed by atoms with Crippen LogP contribution in [0, 0.1) is 11.8 Å². The first-order valence-corrected chi connectivity index (χ1v) is 5.43. The Morgan fingerprint density at radius 3 is 2.19 bits per heavy atom. The van der Waals surface area contributed by atoms with Crippen molar-refractivity contribution in [2.24, 2.45) is 17.6 Å². The van der Waals surface area contributed by atoms with Crippen LogP contribution in [0.15, 0.2) is 0 Å². The molecule has 2 aliphatic rings. The molecule has 0 aliphatic carbocycles. The summed E-state index contributed by atoms with van der Waals surface area (Å²) in [5.74, 6) is -1.18. The molecule has 2 aliphatic heterocycles. The zero-order valence-electron chi connectivity index (χ0n) is 9.18. The van der Waals surface area contributed by atoms with Crippen LogP contribution in [0.2, 0.25) is 0 Å². The summed E-state index contributed by atoms with van der Waals surface area (Å²) in [6.07, 6.45) is 0. The molecule has 2 N–H and O–H groups in total. The van der Waals surface area contributed by atoms with E-state index >= 15 is 0 Å². The van der Waals surface area contributed by atoms with Crippen molar-refractivity contribution in [1.82, 2.24) is 9.80 Å². The van der Waals surface area contributed by atoms with E-state index < -0.39 is 0 Å². The highest BCUT2D eigenvalue weighted by Crippen LogP contribution is 2.32. The van der Waals surface area contributed by atoms with E-state index in [0.717, 1.165) is 0 Å². The van der Waals surface area contributed by atoms with Crippen LogP contribution in [0.25, 0.3) is 0 Å². The van der Waals surface area contributed by atoms with Gasteiger partial charge in [0.1, 0.15) is 0 Å². The van der Waals surface area contributed by atoms with Gasteiger partial charge in [-0.2, -0.15) is 0 Å². The zero-order chi connectivity index (χ0) is 11.9. The molecule has 2 rings (SSSR count). The van der Waals surface area contributed by atoms with Crippen LogP contribution in [0.3, 0.4) is 0 Å². The number of likely N-dealkylation sites (tertiary alicyclic amines) is 2. The fraction of sp³-hybridized carbons (Fsp3) is 0.700. The van der Waals surface area contributed by atoms with E-state index in [-0.39, 0.29) is 36.1 Å². The summed E-state index contributed by atoms with van der Waals surface area (Å²) < 4.78 is 0. The summed E-state index contributed by atoms with van der Waals surface area (Å²) in [6, 6.07) is 0. The average Bonchev–Trinajstić information content (AvgIpc) is 2.80. The molecule has 2 saturated heterocycles. The quantitative estimate of drug-likeness (QED) is 0.574. The predicted molar refractivity (Wildman–Crippen MR) is 55.0 cm³/mol. The van der Waals surface area contributed by atoms with Crippen LogP contribution in [-0.2, 0) is 14.4 Å². The van der Waals surface area contributed by atoms with Gasteiger partial charge in [-0.1, -0.05) is 0 Å². The van der Waals surface area contributed by atoms with Gasteiger partial charge in [0.2, 0.25) is 17.7 Å². The van der Waals surface area contributed by atoms with E-state index in [1.54, 1.807) is 6.92 Å². The van der Waals surface area contributed by atoms with Crippen LogP contribution in [0.5, 0.6) is 0 Å². The van der Waals surface area contributed by atoms with Crippen molar-refractivity contribution < 1.29 is 14.4 Å². The predicted octanol–water partition coefficient (Wildman–Crippen LogP) is -1.59. The molecule has 0 radical (unpaired) electrons. The van der Waals surface area contributed by atoms with Gasteiger partial charge in [-0.3, -0.25) is 19.3 Å². The number of fused-ring (bicyclic) bond motifs is 1. The van der Waals surface area contributed by atoms with Gasteiger partial charge in [0.05, 0.1) is 18.4 Å². The molecule has 0 aromatic rings. The number of hydrogen-bond donors (Lipinski definition) is 1. The van der Waals surface area contributed by atoms with Crippen molar-refractivity contribution in [2.45, 2.75) is 6.92 Å². The maximum absolute atomic E-state index is 11.8. The van der Waals surface area contributed by atoms with Crippen molar-refractivity contribution in [3.05, 3.63) is 0 Å². The molecule has 88 valence electrons. The molecular formula is C10H15N3O3. The lowest BCUT2D eigenvalue weighted by Gasteiger charge is -2.19. The van der Waals surface area contributed by atoms with Crippen LogP contribution in [0.4, 0.5) is 0 Å². The second-order valence-electron chi connectivity index (χ2n) is 4.14. The van der Waals surface area contributed by atoms with E-state index in [9.17, 15) is 14.4 Å². The number of nitrogens with two attached hydrogens (primary N) is 1. The molecular weight excluding hydrogens is 210 g/mol. The minimum atomic E-state index is -0.344. The van der Waals surface area contributed by atoms with Gasteiger partial charge >= 0.3 is 0 Å². The minimum absolute atomic E-state index is 0.0701. The van der Waals surface area contributed by atoms with Crippen molar-refractivity contribution in [3.63, 3.8) is 0 Å². The Bertz CT molecular complexity index is 331. The third kappa shape index (κ3) is 1.41. The van der Waals surface area contributed by atoms with Gasteiger partial charge in [-0.25, -0.2) is 0 Å². The van der Waals surface area contributed by atoms with E-state index in [4.69, 9.17) is 5.73 Å². The molecule has 0 bridgehead atoms. The number of carbonyl (C=O) groups is 3. The van der Waals surface area contributed by atoms with Crippen molar-refractivity contribution in [2.75, 3.05) is 26.2 Å². The highest BCUT2D eigenvalue weighted by molar-refractivity contribution is 6.06. The van der Waals surface area contributed by atoms with Crippen LogP contribution in [-0.4, -0.2) is 53.7 Å². The largest absolute Gasteiger partial charge is 0.340 e. The van der Waals surface area contributed by atoms with E-state index in [1.807, 2.05) is 0 Å². The number of imide groups is 1. The molecule has 0 aromatic heterocycles. The number of rotatable bonds is 2. The van der Waals surface area contributed by atoms with E-state index in [1.165, 1.54) is 9.80 Å². The molecule has 16 heavy (non-hydrogen) atoms. The molecule has 6 nitrogen and oxygen atoms in total. The van der Waals surface area contributed by atoms with Gasteiger partial charge in [-0.05, 0) is 6.92 Å². The first-order valence-electron chi connectivity index (χ1n) is 5.43. The molecule has 2 atom stereocenters. The molecule has 6 heteroatoms. The third-order valence-corrected chi connectivity index (χ3v) is 3.33. The first-order chi connectivity index (χ1) is 7.60. The monoisotopic (exact) mass is 225 g/mol. The fourth-order valence-corrected chi connectivity index (χ4v) is 2.46. The summed E-state index contributed by atoms with van der Waals surface area (Å²) >= 11 is 0. The smallest absolute Gasteiger partial charge is 0.236 e. The third-order valence-electron chi connectivity index (χ3n) is 3.33. The zero-order valence-corrected chi connectivity index (χ0v) is 9.18. The Balaban J connectivity index is 2.14. The first kappa shape index (κ1) is 11.1. The second kappa shape index (κ2) is 3.86. The Morgan fingerprint density at radius 1 is 1.31 bits per heavy atom. The van der Waals surface area contributed by atoms with E-state index in [2.05, 4.69) is 0 Å². The molecule has 0 saturated carbocycles. The number of nitrogens with zero attached hydrogens (tertiary/aromatic N) is 2. The van der Waals surface area contributed by atoms with Crippen LogP contribution >= 0.6 is 0 Å². The fourth-order valence-electron chi connectivity index (χ4n) is 2.46. The van der Waals surface area contributed by atoms with Crippen LogP contribution < -0.4 is 5.73 Å². The molecule has 3 amide bonds. The maximum atomic E-state index is 11.8. The summed E-state index contributed by atoms with van der Waals surface area (Å²) in [4.78, 5) is 37.8. The lowest BCUT2D eigenvalue weighted by Crippen LogP contribution is -2.40. The topological polar surface area (TPSA) is 83.7 Å². The van der Waals surface area contributed by atoms with Gasteiger partial charge < -0.3 is 10.6 Å². The van der Waals surface area contributed by atoms with Crippen molar-refractivity contribution in [3.8, 4) is 0 Å². The molecule has 0 spiro atoms. The normalized spacial score (nSPS) is 28.9. The molecule has 2 heterocycles. The second-order valence-corrected chi connectivity index (χ2v) is 4.14. The summed E-state index contributed by atoms with van der Waals surface area (Å²) in [6.45, 7) is 2.79. The van der Waals surface area contributed by atoms with Crippen molar-refractivity contribution in [1.29, 1.82) is 0 Å². The number of amides is 3. The van der Waals surface area contributed by atoms with Gasteiger partial charge in [0.15, 0.2) is 0 Å².